The predicted octanol–water partition coefficient (Wildman–Crippen LogP) is 2.92. The molecule has 2 fully saturated rings. The molecular weight excluding hydrogens is 240 g/mol. The average Bonchev–Trinajstić information content (AvgIpc) is 2.98. The summed E-state index contributed by atoms with van der Waals surface area (Å²) in [6.45, 7) is 1.98. The molecule has 0 aliphatic heterocycles. The van der Waals surface area contributed by atoms with Crippen LogP contribution in [0.2, 0.25) is 0 Å². The van der Waals surface area contributed by atoms with Crippen molar-refractivity contribution in [1.82, 2.24) is 0 Å². The van der Waals surface area contributed by atoms with E-state index in [1.54, 1.807) is 0 Å². The molecule has 0 aromatic heterocycles. The molecule has 3 heteroatoms. The lowest BCUT2D eigenvalue weighted by atomic mass is 9.75. The summed E-state index contributed by atoms with van der Waals surface area (Å²) in [5.41, 5.74) is 1.77. The number of hydrogen-bond acceptors (Lipinski definition) is 2. The number of ketones is 1. The maximum atomic E-state index is 12.6. The van der Waals surface area contributed by atoms with Gasteiger partial charge in [-0.2, -0.15) is 0 Å². The molecule has 1 aromatic carbocycles. The minimum Gasteiger partial charge on any atom is -0.481 e. The quantitative estimate of drug-likeness (QED) is 0.848. The van der Waals surface area contributed by atoms with E-state index in [0.29, 0.717) is 5.56 Å². The maximum Gasteiger partial charge on any atom is 0.307 e. The van der Waals surface area contributed by atoms with Crippen LogP contribution in [-0.2, 0) is 4.79 Å². The number of rotatable bonds is 3. The number of Topliss-reactive ketones (excluding diaryl/α,β-unsaturated/α-hetero) is 1. The highest BCUT2D eigenvalue weighted by molar-refractivity contribution is 6.00. The monoisotopic (exact) mass is 258 g/mol. The van der Waals surface area contributed by atoms with Crippen molar-refractivity contribution in [2.45, 2.75) is 26.2 Å². The summed E-state index contributed by atoms with van der Waals surface area (Å²) < 4.78 is 0. The molecule has 0 heterocycles. The molecule has 2 aliphatic carbocycles. The van der Waals surface area contributed by atoms with Crippen molar-refractivity contribution in [1.29, 1.82) is 0 Å². The first-order valence-corrected chi connectivity index (χ1v) is 6.91. The lowest BCUT2D eigenvalue weighted by Gasteiger charge is -2.26. The highest BCUT2D eigenvalue weighted by Crippen LogP contribution is 2.53. The maximum absolute atomic E-state index is 12.6. The van der Waals surface area contributed by atoms with E-state index in [1.807, 2.05) is 31.2 Å². The van der Waals surface area contributed by atoms with E-state index < -0.39 is 11.9 Å². The Balaban J connectivity index is 1.90. The van der Waals surface area contributed by atoms with Gasteiger partial charge in [0.1, 0.15) is 0 Å². The summed E-state index contributed by atoms with van der Waals surface area (Å²) >= 11 is 0. The van der Waals surface area contributed by atoms with Crippen molar-refractivity contribution in [2.75, 3.05) is 0 Å². The Morgan fingerprint density at radius 3 is 2.21 bits per heavy atom. The van der Waals surface area contributed by atoms with Gasteiger partial charge in [-0.3, -0.25) is 9.59 Å². The van der Waals surface area contributed by atoms with Gasteiger partial charge in [0, 0.05) is 11.5 Å². The van der Waals surface area contributed by atoms with Crippen LogP contribution in [-0.4, -0.2) is 16.9 Å². The lowest BCUT2D eigenvalue weighted by Crippen LogP contribution is -2.34. The van der Waals surface area contributed by atoms with E-state index >= 15 is 0 Å². The number of aryl methyl sites for hydroxylation is 1. The van der Waals surface area contributed by atoms with Gasteiger partial charge in [0.15, 0.2) is 5.78 Å². The summed E-state index contributed by atoms with van der Waals surface area (Å²) in [4.78, 5) is 24.0. The smallest absolute Gasteiger partial charge is 0.307 e. The van der Waals surface area contributed by atoms with E-state index in [0.717, 1.165) is 24.8 Å². The predicted molar refractivity (Wildman–Crippen MR) is 71.0 cm³/mol. The number of carbonyl (C=O) groups is 2. The Bertz CT molecular complexity index is 517. The van der Waals surface area contributed by atoms with Crippen LogP contribution in [0.5, 0.6) is 0 Å². The third-order valence-corrected chi connectivity index (χ3v) is 4.84. The number of aliphatic carboxylic acids is 1. The molecule has 0 spiro atoms. The number of carbonyl (C=O) groups excluding carboxylic acids is 1. The van der Waals surface area contributed by atoms with E-state index in [4.69, 9.17) is 0 Å². The van der Waals surface area contributed by atoms with Gasteiger partial charge in [-0.05, 0) is 38.0 Å². The number of carboxylic acids is 1. The van der Waals surface area contributed by atoms with E-state index in [9.17, 15) is 14.7 Å². The molecule has 3 nitrogen and oxygen atoms in total. The van der Waals surface area contributed by atoms with E-state index in [1.165, 1.54) is 0 Å². The van der Waals surface area contributed by atoms with Gasteiger partial charge in [-0.25, -0.2) is 0 Å². The number of carboxylic acid groups (broad SMARTS) is 1. The van der Waals surface area contributed by atoms with Gasteiger partial charge in [-0.15, -0.1) is 0 Å². The van der Waals surface area contributed by atoms with Gasteiger partial charge in [0.2, 0.25) is 0 Å². The summed E-state index contributed by atoms with van der Waals surface area (Å²) in [5, 5.41) is 9.39. The van der Waals surface area contributed by atoms with Crippen LogP contribution >= 0.6 is 0 Å². The van der Waals surface area contributed by atoms with Gasteiger partial charge in [-0.1, -0.05) is 29.8 Å². The van der Waals surface area contributed by atoms with Crippen molar-refractivity contribution in [3.63, 3.8) is 0 Å². The average molecular weight is 258 g/mol. The second-order valence-electron chi connectivity index (χ2n) is 5.95. The molecule has 0 unspecified atom stereocenters. The Kier molecular flexibility index (Phi) is 2.92. The minimum atomic E-state index is -0.794. The van der Waals surface area contributed by atoms with Crippen LogP contribution in [0.4, 0.5) is 0 Å². The molecule has 1 aromatic rings. The summed E-state index contributed by atoms with van der Waals surface area (Å²) in [6.07, 6.45) is 2.90. The molecule has 0 radical (unpaired) electrons. The highest BCUT2D eigenvalue weighted by Gasteiger charge is 2.53. The standard InChI is InChI=1S/C16H18O3/c1-9-2-4-10(5-3-9)15(17)13-11-6-7-12(8-11)14(13)16(18)19/h2-5,11-14H,6-8H2,1H3,(H,18,19)/t11-,12+,13+,14-/m1/s1. The Hall–Kier alpha value is -1.64. The molecule has 4 atom stereocenters. The fraction of sp³-hybridized carbons (Fsp3) is 0.500. The third kappa shape index (κ3) is 1.97. The molecule has 100 valence electrons. The summed E-state index contributed by atoms with van der Waals surface area (Å²) in [7, 11) is 0. The SMILES string of the molecule is Cc1ccc(C(=O)[C@H]2[C@@H]3CC[C@@H](C3)[C@H]2C(=O)O)cc1. The first-order valence-electron chi connectivity index (χ1n) is 6.91. The van der Waals surface area contributed by atoms with Crippen LogP contribution in [0.3, 0.4) is 0 Å². The summed E-state index contributed by atoms with van der Waals surface area (Å²) in [5.74, 6) is -1.05. The van der Waals surface area contributed by atoms with Crippen molar-refractivity contribution < 1.29 is 14.7 Å². The van der Waals surface area contributed by atoms with E-state index in [2.05, 4.69) is 0 Å². The molecule has 2 saturated carbocycles. The minimum absolute atomic E-state index is 0.0274. The first-order chi connectivity index (χ1) is 9.08. The third-order valence-electron chi connectivity index (χ3n) is 4.84. The molecule has 0 amide bonds. The van der Waals surface area contributed by atoms with Crippen LogP contribution in [0.25, 0.3) is 0 Å². The Morgan fingerprint density at radius 1 is 1.05 bits per heavy atom. The highest BCUT2D eigenvalue weighted by atomic mass is 16.4. The first kappa shape index (κ1) is 12.4. The number of benzene rings is 1. The van der Waals surface area contributed by atoms with Crippen LogP contribution in [0, 0.1) is 30.6 Å². The Morgan fingerprint density at radius 2 is 1.63 bits per heavy atom. The zero-order valence-electron chi connectivity index (χ0n) is 11.0. The fourth-order valence-corrected chi connectivity index (χ4v) is 3.93. The van der Waals surface area contributed by atoms with E-state index in [-0.39, 0.29) is 23.5 Å². The largest absolute Gasteiger partial charge is 0.481 e. The molecule has 3 rings (SSSR count). The Labute approximate surface area is 112 Å². The second kappa shape index (κ2) is 4.48. The van der Waals surface area contributed by atoms with Crippen molar-refractivity contribution in [3.8, 4) is 0 Å². The molecule has 2 aliphatic rings. The molecule has 1 N–H and O–H groups in total. The zero-order valence-corrected chi connectivity index (χ0v) is 11.0. The van der Waals surface area contributed by atoms with Gasteiger partial charge >= 0.3 is 5.97 Å². The normalized spacial score (nSPS) is 32.5. The van der Waals surface area contributed by atoms with Crippen LogP contribution in [0.15, 0.2) is 24.3 Å². The van der Waals surface area contributed by atoms with Crippen LogP contribution in [0.1, 0.15) is 35.2 Å². The van der Waals surface area contributed by atoms with Crippen molar-refractivity contribution in [2.24, 2.45) is 23.7 Å². The molecule has 0 saturated heterocycles. The number of hydrogen-bond donors (Lipinski definition) is 1. The molecular formula is C16H18O3. The second-order valence-corrected chi connectivity index (χ2v) is 5.95. The molecule has 19 heavy (non-hydrogen) atoms. The zero-order chi connectivity index (χ0) is 13.6. The topological polar surface area (TPSA) is 54.4 Å². The van der Waals surface area contributed by atoms with Gasteiger partial charge in [0.25, 0.3) is 0 Å². The molecule has 2 bridgehead atoms. The fourth-order valence-electron chi connectivity index (χ4n) is 3.93. The van der Waals surface area contributed by atoms with Gasteiger partial charge < -0.3 is 5.11 Å². The van der Waals surface area contributed by atoms with Crippen molar-refractivity contribution >= 4 is 11.8 Å². The summed E-state index contributed by atoms with van der Waals surface area (Å²) in [6, 6.07) is 7.47. The van der Waals surface area contributed by atoms with Crippen molar-refractivity contribution in [3.05, 3.63) is 35.4 Å². The lowest BCUT2D eigenvalue weighted by molar-refractivity contribution is -0.144. The van der Waals surface area contributed by atoms with Gasteiger partial charge in [0.05, 0.1) is 5.92 Å². The van der Waals surface area contributed by atoms with Crippen LogP contribution < -0.4 is 0 Å². The number of fused-ring (bicyclic) bond motifs is 2.